The van der Waals surface area contributed by atoms with Crippen molar-refractivity contribution < 1.29 is 50.1 Å². The number of hydrogen-bond acceptors (Lipinski definition) is 6. The summed E-state index contributed by atoms with van der Waals surface area (Å²) < 4.78 is 91.7. The van der Waals surface area contributed by atoms with Gasteiger partial charge in [0, 0.05) is 11.3 Å². The van der Waals surface area contributed by atoms with Crippen LogP contribution >= 0.6 is 0 Å². The van der Waals surface area contributed by atoms with Crippen LogP contribution in [0, 0.1) is 0 Å². The van der Waals surface area contributed by atoms with E-state index in [1.165, 1.54) is 19.2 Å². The second-order valence-electron chi connectivity index (χ2n) is 6.12. The Kier molecular flexibility index (Phi) is 7.11. The predicted octanol–water partition coefficient (Wildman–Crippen LogP) is 3.87. The van der Waals surface area contributed by atoms with Gasteiger partial charge in [-0.15, -0.1) is 13.2 Å². The lowest BCUT2D eigenvalue weighted by Crippen LogP contribution is -2.69. The van der Waals surface area contributed by atoms with E-state index in [9.17, 15) is 35.9 Å². The Morgan fingerprint density at radius 1 is 0.812 bits per heavy atom. The largest absolute Gasteiger partial charge is 0.573 e. The van der Waals surface area contributed by atoms with Gasteiger partial charge >= 0.3 is 24.2 Å². The third-order valence-corrected chi connectivity index (χ3v) is 3.99. The standard InChI is InChI=1S/C19H16F6N2O5/c1-30-13-7-3-11(4-8-13)15(28)27-17(16(29)31-2,18(20,21)22)26-12-5-9-14(10-6-12)32-19(23,24)25/h3-10,26H,1-2H3,(H,27,28). The number of esters is 1. The third-order valence-electron chi connectivity index (χ3n) is 3.99. The maximum Gasteiger partial charge on any atom is 0.573 e. The van der Waals surface area contributed by atoms with Crippen LogP contribution in [-0.4, -0.2) is 44.3 Å². The van der Waals surface area contributed by atoms with Crippen LogP contribution in [0.3, 0.4) is 0 Å². The number of alkyl halides is 6. The lowest BCUT2D eigenvalue weighted by Gasteiger charge is -2.35. The van der Waals surface area contributed by atoms with Crippen molar-refractivity contribution in [2.75, 3.05) is 19.5 Å². The molecule has 0 aliphatic heterocycles. The van der Waals surface area contributed by atoms with Crippen molar-refractivity contribution in [1.29, 1.82) is 0 Å². The van der Waals surface area contributed by atoms with E-state index in [0.29, 0.717) is 12.9 Å². The fourth-order valence-corrected chi connectivity index (χ4v) is 2.49. The second-order valence-corrected chi connectivity index (χ2v) is 6.12. The summed E-state index contributed by atoms with van der Waals surface area (Å²) in [6.07, 6.45) is -10.4. The highest BCUT2D eigenvalue weighted by Gasteiger charge is 2.63. The van der Waals surface area contributed by atoms with E-state index in [4.69, 9.17) is 4.74 Å². The molecular formula is C19H16F6N2O5. The molecule has 2 rings (SSSR count). The van der Waals surface area contributed by atoms with Crippen LogP contribution in [0.15, 0.2) is 48.5 Å². The van der Waals surface area contributed by atoms with E-state index >= 15 is 0 Å². The van der Waals surface area contributed by atoms with Crippen LogP contribution in [0.4, 0.5) is 32.0 Å². The fraction of sp³-hybridized carbons (Fsp3) is 0.263. The number of methoxy groups -OCH3 is 2. The maximum absolute atomic E-state index is 14.0. The summed E-state index contributed by atoms with van der Waals surface area (Å²) in [7, 11) is 2.01. The number of halogens is 6. The van der Waals surface area contributed by atoms with E-state index in [0.717, 1.165) is 36.4 Å². The van der Waals surface area contributed by atoms with Gasteiger partial charge in [-0.1, -0.05) is 0 Å². The van der Waals surface area contributed by atoms with Gasteiger partial charge in [-0.25, -0.2) is 4.79 Å². The SMILES string of the molecule is COC(=O)C(NC(=O)c1ccc(OC)cc1)(Nc1ccc(OC(F)(F)F)cc1)C(F)(F)F. The first-order valence-corrected chi connectivity index (χ1v) is 8.57. The number of anilines is 1. The molecule has 0 saturated carbocycles. The highest BCUT2D eigenvalue weighted by molar-refractivity contribution is 5.99. The molecule has 0 aromatic heterocycles. The van der Waals surface area contributed by atoms with Crippen molar-refractivity contribution in [2.24, 2.45) is 0 Å². The Balaban J connectivity index is 2.40. The first-order valence-electron chi connectivity index (χ1n) is 8.57. The van der Waals surface area contributed by atoms with Gasteiger partial charge in [0.2, 0.25) is 0 Å². The molecule has 0 aliphatic carbocycles. The number of amides is 1. The second kappa shape index (κ2) is 9.24. The summed E-state index contributed by atoms with van der Waals surface area (Å²) in [6.45, 7) is 0. The van der Waals surface area contributed by atoms with Gasteiger partial charge in [-0.05, 0) is 48.5 Å². The highest BCUT2D eigenvalue weighted by Crippen LogP contribution is 2.34. The fourth-order valence-electron chi connectivity index (χ4n) is 2.49. The average Bonchev–Trinajstić information content (AvgIpc) is 2.72. The quantitative estimate of drug-likeness (QED) is 0.366. The monoisotopic (exact) mass is 466 g/mol. The molecule has 1 amide bonds. The molecular weight excluding hydrogens is 450 g/mol. The molecule has 7 nitrogen and oxygen atoms in total. The molecule has 13 heteroatoms. The Hall–Kier alpha value is -3.64. The Morgan fingerprint density at radius 3 is 1.78 bits per heavy atom. The summed E-state index contributed by atoms with van der Waals surface area (Å²) >= 11 is 0. The third kappa shape index (κ3) is 5.74. The van der Waals surface area contributed by atoms with Gasteiger partial charge < -0.3 is 24.8 Å². The molecule has 0 fully saturated rings. The Morgan fingerprint density at radius 2 is 1.34 bits per heavy atom. The number of hydrogen-bond donors (Lipinski definition) is 2. The summed E-state index contributed by atoms with van der Waals surface area (Å²) in [6, 6.07) is 7.99. The molecule has 32 heavy (non-hydrogen) atoms. The van der Waals surface area contributed by atoms with Crippen molar-refractivity contribution in [3.63, 3.8) is 0 Å². The van der Waals surface area contributed by atoms with Crippen molar-refractivity contribution in [2.45, 2.75) is 18.2 Å². The Labute approximate surface area is 177 Å². The molecule has 0 spiro atoms. The number of benzene rings is 2. The Bertz CT molecular complexity index is 945. The highest BCUT2D eigenvalue weighted by atomic mass is 19.4. The van der Waals surface area contributed by atoms with Crippen molar-refractivity contribution in [3.8, 4) is 11.5 Å². The lowest BCUT2D eigenvalue weighted by atomic mass is 10.1. The van der Waals surface area contributed by atoms with Gasteiger partial charge in [0.1, 0.15) is 11.5 Å². The zero-order chi connectivity index (χ0) is 24.2. The maximum atomic E-state index is 14.0. The van der Waals surface area contributed by atoms with E-state index < -0.39 is 41.5 Å². The number of ether oxygens (including phenoxy) is 3. The molecule has 2 aromatic rings. The molecule has 1 atom stereocenters. The van der Waals surface area contributed by atoms with Crippen molar-refractivity contribution in [3.05, 3.63) is 54.1 Å². The van der Waals surface area contributed by atoms with E-state index in [2.05, 4.69) is 9.47 Å². The normalized spacial score (nSPS) is 13.5. The zero-order valence-corrected chi connectivity index (χ0v) is 16.4. The van der Waals surface area contributed by atoms with Crippen LogP contribution in [0.1, 0.15) is 10.4 Å². The van der Waals surface area contributed by atoms with Crippen molar-refractivity contribution >= 4 is 17.6 Å². The van der Waals surface area contributed by atoms with E-state index in [-0.39, 0.29) is 5.56 Å². The summed E-state index contributed by atoms with van der Waals surface area (Å²) in [5.41, 5.74) is -4.46. The number of carbonyl (C=O) groups excluding carboxylic acids is 2. The number of nitrogens with one attached hydrogen (secondary N) is 2. The number of carbonyl (C=O) groups is 2. The molecule has 174 valence electrons. The van der Waals surface area contributed by atoms with Crippen molar-refractivity contribution in [1.82, 2.24) is 5.32 Å². The van der Waals surface area contributed by atoms with Crippen LogP contribution < -0.4 is 20.1 Å². The van der Waals surface area contributed by atoms with Gasteiger partial charge in [-0.2, -0.15) is 13.2 Å². The molecule has 0 radical (unpaired) electrons. The van der Waals surface area contributed by atoms with E-state index in [1.807, 2.05) is 0 Å². The minimum Gasteiger partial charge on any atom is -0.497 e. The molecule has 0 heterocycles. The van der Waals surface area contributed by atoms with Gasteiger partial charge in [0.15, 0.2) is 0 Å². The smallest absolute Gasteiger partial charge is 0.497 e. The summed E-state index contributed by atoms with van der Waals surface area (Å²) in [4.78, 5) is 24.7. The molecule has 0 saturated heterocycles. The van der Waals surface area contributed by atoms with Crippen LogP contribution in [0.2, 0.25) is 0 Å². The van der Waals surface area contributed by atoms with Crippen LogP contribution in [0.5, 0.6) is 11.5 Å². The molecule has 0 aliphatic rings. The topological polar surface area (TPSA) is 85.9 Å². The lowest BCUT2D eigenvalue weighted by molar-refractivity contribution is -0.274. The molecule has 0 bridgehead atoms. The minimum absolute atomic E-state index is 0.237. The summed E-state index contributed by atoms with van der Waals surface area (Å²) in [5.74, 6) is -3.58. The first kappa shape index (κ1) is 24.6. The predicted molar refractivity (Wildman–Crippen MR) is 98.0 cm³/mol. The molecule has 1 unspecified atom stereocenters. The average molecular weight is 466 g/mol. The molecule has 2 N–H and O–H groups in total. The minimum atomic E-state index is -5.43. The number of rotatable bonds is 7. The van der Waals surface area contributed by atoms with Gasteiger partial charge in [0.25, 0.3) is 5.91 Å². The van der Waals surface area contributed by atoms with Crippen LogP contribution in [-0.2, 0) is 9.53 Å². The van der Waals surface area contributed by atoms with Gasteiger partial charge in [-0.3, -0.25) is 4.79 Å². The zero-order valence-electron chi connectivity index (χ0n) is 16.4. The van der Waals surface area contributed by atoms with Gasteiger partial charge in [0.05, 0.1) is 14.2 Å². The summed E-state index contributed by atoms with van der Waals surface area (Å²) in [5, 5.41) is 3.38. The van der Waals surface area contributed by atoms with E-state index in [1.54, 1.807) is 10.6 Å². The first-order chi connectivity index (χ1) is 14.8. The molecule has 2 aromatic carbocycles. The van der Waals surface area contributed by atoms with Crippen LogP contribution in [0.25, 0.3) is 0 Å².